The molecule has 7 nitrogen and oxygen atoms in total. The van der Waals surface area contributed by atoms with Crippen LogP contribution in [0.4, 0.5) is 0 Å². The van der Waals surface area contributed by atoms with Gasteiger partial charge in [-0.2, -0.15) is 0 Å². The van der Waals surface area contributed by atoms with E-state index >= 15 is 0 Å². The SMILES string of the molecule is CCCCCCCOCC(COP(=O)(OC)OCC[N+](C)(C)C)OCCCCCCC. The molecule has 0 bridgehead atoms. The fourth-order valence-corrected chi connectivity index (χ4v) is 3.81. The van der Waals surface area contributed by atoms with E-state index in [4.69, 9.17) is 23.0 Å². The van der Waals surface area contributed by atoms with E-state index in [9.17, 15) is 4.57 Å². The third-order valence-electron chi connectivity index (χ3n) is 4.95. The van der Waals surface area contributed by atoms with Gasteiger partial charge in [0.25, 0.3) is 0 Å². The summed E-state index contributed by atoms with van der Waals surface area (Å²) in [5, 5.41) is 0. The van der Waals surface area contributed by atoms with Crippen LogP contribution in [0.3, 0.4) is 0 Å². The Morgan fingerprint density at radius 1 is 0.742 bits per heavy atom. The average molecular weight is 469 g/mol. The van der Waals surface area contributed by atoms with Gasteiger partial charge in [0.15, 0.2) is 0 Å². The van der Waals surface area contributed by atoms with Gasteiger partial charge in [-0.15, -0.1) is 0 Å². The Morgan fingerprint density at radius 3 is 1.87 bits per heavy atom. The van der Waals surface area contributed by atoms with Crippen molar-refractivity contribution in [3.63, 3.8) is 0 Å². The summed E-state index contributed by atoms with van der Waals surface area (Å²) in [5.74, 6) is 0. The Bertz CT molecular complexity index is 444. The number of hydrogen-bond donors (Lipinski definition) is 0. The second-order valence-corrected chi connectivity index (χ2v) is 10.9. The second-order valence-electron chi connectivity index (χ2n) is 9.17. The van der Waals surface area contributed by atoms with Gasteiger partial charge >= 0.3 is 7.82 Å². The molecule has 188 valence electrons. The molecule has 0 heterocycles. The van der Waals surface area contributed by atoms with Crippen LogP contribution in [0.5, 0.6) is 0 Å². The summed E-state index contributed by atoms with van der Waals surface area (Å²) in [6.07, 6.45) is 11.6. The molecule has 0 aliphatic heterocycles. The molecular weight excluding hydrogens is 417 g/mol. The maximum Gasteiger partial charge on any atom is 0.474 e. The van der Waals surface area contributed by atoms with Gasteiger partial charge in [0.2, 0.25) is 0 Å². The maximum atomic E-state index is 12.7. The quantitative estimate of drug-likeness (QED) is 0.107. The molecule has 0 radical (unpaired) electrons. The van der Waals surface area contributed by atoms with E-state index in [-0.39, 0.29) is 12.7 Å². The van der Waals surface area contributed by atoms with Crippen LogP contribution in [0, 0.1) is 0 Å². The highest BCUT2D eigenvalue weighted by Gasteiger charge is 2.28. The largest absolute Gasteiger partial charge is 0.474 e. The van der Waals surface area contributed by atoms with Crippen LogP contribution in [-0.4, -0.2) is 78.4 Å². The van der Waals surface area contributed by atoms with Gasteiger partial charge in [-0.25, -0.2) is 4.57 Å². The van der Waals surface area contributed by atoms with Crippen LogP contribution in [-0.2, 0) is 27.6 Å². The lowest BCUT2D eigenvalue weighted by Crippen LogP contribution is -2.37. The summed E-state index contributed by atoms with van der Waals surface area (Å²) in [7, 11) is 3.90. The van der Waals surface area contributed by atoms with Crippen molar-refractivity contribution in [2.75, 3.05) is 67.8 Å². The number of unbranched alkanes of at least 4 members (excludes halogenated alkanes) is 8. The maximum absolute atomic E-state index is 12.7. The summed E-state index contributed by atoms with van der Waals surface area (Å²) < 4.78 is 41.3. The first-order chi connectivity index (χ1) is 14.8. The highest BCUT2D eigenvalue weighted by molar-refractivity contribution is 7.48. The number of likely N-dealkylation sites (N-methyl/N-ethyl adjacent to an activating group) is 1. The first kappa shape index (κ1) is 31.0. The Kier molecular flexibility index (Phi) is 19.5. The molecule has 0 rings (SSSR count). The molecule has 0 aliphatic rings. The molecule has 0 aromatic heterocycles. The number of hydrogen-bond acceptors (Lipinski definition) is 6. The zero-order valence-corrected chi connectivity index (χ0v) is 22.1. The molecule has 0 aromatic rings. The third kappa shape index (κ3) is 20.3. The summed E-state index contributed by atoms with van der Waals surface area (Å²) >= 11 is 0. The molecule has 0 aliphatic carbocycles. The molecule has 0 saturated heterocycles. The van der Waals surface area contributed by atoms with E-state index in [0.29, 0.717) is 37.5 Å². The molecule has 2 atom stereocenters. The summed E-state index contributed by atoms with van der Waals surface area (Å²) in [5.41, 5.74) is 0. The number of nitrogens with zero attached hydrogens (tertiary/aromatic N) is 1. The van der Waals surface area contributed by atoms with Gasteiger partial charge in [0.1, 0.15) is 19.3 Å². The van der Waals surface area contributed by atoms with Crippen molar-refractivity contribution >= 4 is 7.82 Å². The van der Waals surface area contributed by atoms with Crippen molar-refractivity contribution in [2.45, 2.75) is 84.2 Å². The number of phosphoric acid groups is 1. The van der Waals surface area contributed by atoms with Crippen LogP contribution < -0.4 is 0 Å². The lowest BCUT2D eigenvalue weighted by molar-refractivity contribution is -0.870. The molecule has 0 fully saturated rings. The predicted molar refractivity (Wildman–Crippen MR) is 127 cm³/mol. The normalized spacial score (nSPS) is 15.2. The number of phosphoric ester groups is 1. The molecule has 8 heteroatoms. The molecule has 0 aromatic carbocycles. The molecule has 31 heavy (non-hydrogen) atoms. The Hall–Kier alpha value is -0.0100. The summed E-state index contributed by atoms with van der Waals surface area (Å²) in [6.45, 7) is 7.33. The zero-order chi connectivity index (χ0) is 23.4. The highest BCUT2D eigenvalue weighted by atomic mass is 31.2. The zero-order valence-electron chi connectivity index (χ0n) is 21.2. The first-order valence-electron chi connectivity index (χ1n) is 12.2. The van der Waals surface area contributed by atoms with Crippen molar-refractivity contribution in [2.24, 2.45) is 0 Å². The predicted octanol–water partition coefficient (Wildman–Crippen LogP) is 5.82. The number of ether oxygens (including phenoxy) is 2. The van der Waals surface area contributed by atoms with Crippen LogP contribution >= 0.6 is 7.82 Å². The van der Waals surface area contributed by atoms with Gasteiger partial charge < -0.3 is 14.0 Å². The smallest absolute Gasteiger partial charge is 0.379 e. The van der Waals surface area contributed by atoms with Gasteiger partial charge in [0.05, 0.1) is 34.4 Å². The van der Waals surface area contributed by atoms with Gasteiger partial charge in [-0.05, 0) is 12.8 Å². The van der Waals surface area contributed by atoms with Crippen molar-refractivity contribution < 1.29 is 32.1 Å². The van der Waals surface area contributed by atoms with E-state index in [1.807, 2.05) is 21.1 Å². The Balaban J connectivity index is 4.41. The fourth-order valence-electron chi connectivity index (χ4n) is 2.87. The molecule has 0 N–H and O–H groups in total. The number of rotatable bonds is 23. The molecule has 0 saturated carbocycles. The van der Waals surface area contributed by atoms with Gasteiger partial charge in [-0.3, -0.25) is 13.6 Å². The topological polar surface area (TPSA) is 63.2 Å². The van der Waals surface area contributed by atoms with E-state index < -0.39 is 7.82 Å². The van der Waals surface area contributed by atoms with E-state index in [1.165, 1.54) is 52.1 Å². The lowest BCUT2D eigenvalue weighted by Gasteiger charge is -2.25. The summed E-state index contributed by atoms with van der Waals surface area (Å²) in [4.78, 5) is 0. The second kappa shape index (κ2) is 19.5. The van der Waals surface area contributed by atoms with Crippen LogP contribution in [0.25, 0.3) is 0 Å². The Morgan fingerprint density at radius 2 is 1.32 bits per heavy atom. The van der Waals surface area contributed by atoms with E-state index in [1.54, 1.807) is 0 Å². The van der Waals surface area contributed by atoms with Gasteiger partial charge in [-0.1, -0.05) is 65.2 Å². The van der Waals surface area contributed by atoms with E-state index in [0.717, 1.165) is 19.3 Å². The minimum Gasteiger partial charge on any atom is -0.379 e. The molecular formula is C23H51NO6P+. The minimum atomic E-state index is -3.60. The van der Waals surface area contributed by atoms with Crippen LogP contribution in [0.1, 0.15) is 78.1 Å². The summed E-state index contributed by atoms with van der Waals surface area (Å²) in [6, 6.07) is 0. The number of quaternary nitrogens is 1. The van der Waals surface area contributed by atoms with E-state index in [2.05, 4.69) is 13.8 Å². The standard InChI is InChI=1S/C23H51NO6P/c1-7-9-11-13-15-18-27-21-23(28-19-16-14-12-10-8-2)22-30-31(25,26-6)29-20-17-24(3,4)5/h23H,7-22H2,1-6H3/q+1. The lowest BCUT2D eigenvalue weighted by atomic mass is 10.2. The first-order valence-corrected chi connectivity index (χ1v) is 13.7. The monoisotopic (exact) mass is 468 g/mol. The average Bonchev–Trinajstić information content (AvgIpc) is 2.72. The van der Waals surface area contributed by atoms with Crippen molar-refractivity contribution in [3.8, 4) is 0 Å². The van der Waals surface area contributed by atoms with Crippen molar-refractivity contribution in [3.05, 3.63) is 0 Å². The fraction of sp³-hybridized carbons (Fsp3) is 1.00. The Labute approximate surface area is 192 Å². The van der Waals surface area contributed by atoms with Crippen LogP contribution in [0.2, 0.25) is 0 Å². The third-order valence-corrected chi connectivity index (χ3v) is 6.36. The molecule has 0 amide bonds. The van der Waals surface area contributed by atoms with Crippen molar-refractivity contribution in [1.82, 2.24) is 0 Å². The van der Waals surface area contributed by atoms with Gasteiger partial charge in [0, 0.05) is 20.3 Å². The minimum absolute atomic E-state index is 0.125. The highest BCUT2D eigenvalue weighted by Crippen LogP contribution is 2.48. The molecule has 0 spiro atoms. The van der Waals surface area contributed by atoms with Crippen LogP contribution in [0.15, 0.2) is 0 Å². The van der Waals surface area contributed by atoms with Crippen molar-refractivity contribution in [1.29, 1.82) is 0 Å². The molecule has 2 unspecified atom stereocenters.